The van der Waals surface area contributed by atoms with Crippen molar-refractivity contribution < 1.29 is 4.92 Å². The Morgan fingerprint density at radius 2 is 2.06 bits per heavy atom. The zero-order chi connectivity index (χ0) is 12.8. The normalized spacial score (nSPS) is 11.6. The fraction of sp³-hybridized carbons (Fsp3) is 0.250. The number of nitriles is 1. The monoisotopic (exact) mass is 250 g/mol. The van der Waals surface area contributed by atoms with Crippen molar-refractivity contribution in [3.05, 3.63) is 45.5 Å². The van der Waals surface area contributed by atoms with Crippen LogP contribution in [0.15, 0.2) is 29.8 Å². The number of nitro groups is 1. The number of non-ortho nitro benzene ring substituents is 1. The molecular weight excluding hydrogens is 240 g/mol. The van der Waals surface area contributed by atoms with Crippen molar-refractivity contribution in [3.8, 4) is 6.07 Å². The highest BCUT2D eigenvalue weighted by Gasteiger charge is 2.09. The van der Waals surface area contributed by atoms with Crippen LogP contribution in [0, 0.1) is 21.4 Å². The van der Waals surface area contributed by atoms with Crippen LogP contribution in [0.5, 0.6) is 0 Å². The van der Waals surface area contributed by atoms with Gasteiger partial charge in [-0.1, -0.05) is 24.9 Å². The van der Waals surface area contributed by atoms with Crippen LogP contribution >= 0.6 is 11.6 Å². The zero-order valence-corrected chi connectivity index (χ0v) is 10.1. The number of rotatable bonds is 4. The Balaban J connectivity index is 3.08. The minimum Gasteiger partial charge on any atom is -0.258 e. The van der Waals surface area contributed by atoms with Crippen molar-refractivity contribution in [1.82, 2.24) is 0 Å². The third-order valence-electron chi connectivity index (χ3n) is 2.23. The minimum absolute atomic E-state index is 0.00668. The molecule has 4 nitrogen and oxygen atoms in total. The van der Waals surface area contributed by atoms with E-state index in [1.54, 1.807) is 12.1 Å². The highest BCUT2D eigenvalue weighted by Crippen LogP contribution is 2.26. The highest BCUT2D eigenvalue weighted by atomic mass is 35.5. The van der Waals surface area contributed by atoms with Crippen molar-refractivity contribution >= 4 is 22.3 Å². The van der Waals surface area contributed by atoms with Gasteiger partial charge in [0.15, 0.2) is 0 Å². The Hall–Kier alpha value is -1.86. The van der Waals surface area contributed by atoms with Gasteiger partial charge in [0.05, 0.1) is 16.0 Å². The van der Waals surface area contributed by atoms with Crippen LogP contribution in [0.25, 0.3) is 5.03 Å². The van der Waals surface area contributed by atoms with Crippen LogP contribution in [0.2, 0.25) is 0 Å². The van der Waals surface area contributed by atoms with Crippen molar-refractivity contribution in [2.45, 2.75) is 19.8 Å². The average Bonchev–Trinajstić information content (AvgIpc) is 2.35. The summed E-state index contributed by atoms with van der Waals surface area (Å²) in [4.78, 5) is 10.0. The van der Waals surface area contributed by atoms with E-state index in [-0.39, 0.29) is 5.69 Å². The van der Waals surface area contributed by atoms with Gasteiger partial charge in [0.25, 0.3) is 5.69 Å². The second-order valence-electron chi connectivity index (χ2n) is 3.46. The second-order valence-corrected chi connectivity index (χ2v) is 3.84. The first-order chi connectivity index (χ1) is 8.10. The molecule has 88 valence electrons. The van der Waals surface area contributed by atoms with Gasteiger partial charge in [0, 0.05) is 17.7 Å². The number of benzene rings is 1. The highest BCUT2D eigenvalue weighted by molar-refractivity contribution is 6.49. The molecule has 0 aliphatic rings. The summed E-state index contributed by atoms with van der Waals surface area (Å²) in [6.45, 7) is 1.96. The van der Waals surface area contributed by atoms with Crippen LogP contribution in [0.4, 0.5) is 5.69 Å². The SMILES string of the molecule is CCCC(C#N)=C(Cl)c1ccc([N+](=O)[O-])cc1. The van der Waals surface area contributed by atoms with Gasteiger partial charge in [-0.2, -0.15) is 5.26 Å². The van der Waals surface area contributed by atoms with E-state index in [1.807, 2.05) is 6.92 Å². The lowest BCUT2D eigenvalue weighted by Crippen LogP contribution is -1.89. The second kappa shape index (κ2) is 6.02. The Kier molecular flexibility index (Phi) is 4.68. The Labute approximate surface area is 104 Å². The predicted octanol–water partition coefficient (Wildman–Crippen LogP) is 3.87. The van der Waals surface area contributed by atoms with Gasteiger partial charge in [-0.05, 0) is 24.1 Å². The number of nitrogens with zero attached hydrogens (tertiary/aromatic N) is 2. The molecule has 0 aliphatic heterocycles. The molecule has 1 aromatic rings. The summed E-state index contributed by atoms with van der Waals surface area (Å²) in [5.74, 6) is 0. The number of halogens is 1. The molecule has 1 aromatic carbocycles. The topological polar surface area (TPSA) is 66.9 Å². The van der Waals surface area contributed by atoms with Crippen LogP contribution in [0.3, 0.4) is 0 Å². The van der Waals surface area contributed by atoms with Gasteiger partial charge >= 0.3 is 0 Å². The first-order valence-electron chi connectivity index (χ1n) is 5.13. The third-order valence-corrected chi connectivity index (χ3v) is 2.68. The summed E-state index contributed by atoms with van der Waals surface area (Å²) >= 11 is 6.07. The van der Waals surface area contributed by atoms with Gasteiger partial charge in [-0.15, -0.1) is 0 Å². The van der Waals surface area contributed by atoms with Crippen molar-refractivity contribution in [2.24, 2.45) is 0 Å². The molecule has 0 saturated heterocycles. The lowest BCUT2D eigenvalue weighted by atomic mass is 10.1. The Bertz CT molecular complexity index is 486. The molecule has 0 unspecified atom stereocenters. The van der Waals surface area contributed by atoms with E-state index in [9.17, 15) is 10.1 Å². The van der Waals surface area contributed by atoms with Crippen LogP contribution in [-0.4, -0.2) is 4.92 Å². The summed E-state index contributed by atoms with van der Waals surface area (Å²) in [6.07, 6.45) is 1.43. The molecule has 0 amide bonds. The molecule has 0 fully saturated rings. The van der Waals surface area contributed by atoms with E-state index < -0.39 is 4.92 Å². The van der Waals surface area contributed by atoms with Gasteiger partial charge in [0.1, 0.15) is 0 Å². The Morgan fingerprint density at radius 3 is 2.47 bits per heavy atom. The summed E-state index contributed by atoms with van der Waals surface area (Å²) in [5, 5.41) is 19.8. The van der Waals surface area contributed by atoms with E-state index >= 15 is 0 Å². The van der Waals surface area contributed by atoms with E-state index in [2.05, 4.69) is 6.07 Å². The summed E-state index contributed by atoms with van der Waals surface area (Å²) in [6, 6.07) is 7.90. The molecule has 0 radical (unpaired) electrons. The number of hydrogen-bond donors (Lipinski definition) is 0. The first-order valence-corrected chi connectivity index (χ1v) is 5.51. The fourth-order valence-corrected chi connectivity index (χ4v) is 1.63. The van der Waals surface area contributed by atoms with E-state index in [0.717, 1.165) is 6.42 Å². The van der Waals surface area contributed by atoms with Crippen LogP contribution in [-0.2, 0) is 0 Å². The van der Waals surface area contributed by atoms with Crippen molar-refractivity contribution in [2.75, 3.05) is 0 Å². The van der Waals surface area contributed by atoms with E-state index in [4.69, 9.17) is 16.9 Å². The number of nitro benzene ring substituents is 1. The third kappa shape index (κ3) is 3.30. The lowest BCUT2D eigenvalue weighted by Gasteiger charge is -2.02. The predicted molar refractivity (Wildman–Crippen MR) is 66.4 cm³/mol. The van der Waals surface area contributed by atoms with Gasteiger partial charge < -0.3 is 0 Å². The largest absolute Gasteiger partial charge is 0.269 e. The van der Waals surface area contributed by atoms with Gasteiger partial charge in [-0.25, -0.2) is 0 Å². The first kappa shape index (κ1) is 13.2. The summed E-state index contributed by atoms with van der Waals surface area (Å²) in [7, 11) is 0. The molecule has 0 N–H and O–H groups in total. The molecule has 5 heteroatoms. The molecule has 0 spiro atoms. The quantitative estimate of drug-likeness (QED) is 0.463. The standard InChI is InChI=1S/C12H11ClN2O2/c1-2-3-10(8-14)12(13)9-4-6-11(7-5-9)15(16)17/h4-7H,2-3H2,1H3. The molecule has 0 heterocycles. The van der Waals surface area contributed by atoms with Gasteiger partial charge in [0.2, 0.25) is 0 Å². The zero-order valence-electron chi connectivity index (χ0n) is 9.31. The van der Waals surface area contributed by atoms with Crippen molar-refractivity contribution in [1.29, 1.82) is 5.26 Å². The van der Waals surface area contributed by atoms with E-state index in [0.29, 0.717) is 22.6 Å². The lowest BCUT2D eigenvalue weighted by molar-refractivity contribution is -0.384. The van der Waals surface area contributed by atoms with Crippen molar-refractivity contribution in [3.63, 3.8) is 0 Å². The maximum Gasteiger partial charge on any atom is 0.269 e. The maximum absolute atomic E-state index is 10.5. The molecule has 17 heavy (non-hydrogen) atoms. The molecule has 0 aromatic heterocycles. The molecule has 0 bridgehead atoms. The smallest absolute Gasteiger partial charge is 0.258 e. The maximum atomic E-state index is 10.5. The molecule has 1 rings (SSSR count). The number of hydrogen-bond acceptors (Lipinski definition) is 3. The Morgan fingerprint density at radius 1 is 1.47 bits per heavy atom. The molecule has 0 atom stereocenters. The summed E-state index contributed by atoms with van der Waals surface area (Å²) < 4.78 is 0. The fourth-order valence-electron chi connectivity index (χ4n) is 1.37. The molecule has 0 aliphatic carbocycles. The molecular formula is C12H11ClN2O2. The average molecular weight is 251 g/mol. The van der Waals surface area contributed by atoms with Gasteiger partial charge in [-0.3, -0.25) is 10.1 Å². The van der Waals surface area contributed by atoms with E-state index in [1.165, 1.54) is 12.1 Å². The minimum atomic E-state index is -0.474. The number of allylic oxidation sites excluding steroid dienone is 1. The van der Waals surface area contributed by atoms with Crippen LogP contribution < -0.4 is 0 Å². The van der Waals surface area contributed by atoms with Crippen LogP contribution in [0.1, 0.15) is 25.3 Å². The molecule has 0 saturated carbocycles. The summed E-state index contributed by atoms with van der Waals surface area (Å²) in [5.41, 5.74) is 1.14.